The highest BCUT2D eigenvalue weighted by Gasteiger charge is 2.26. The molecule has 0 radical (unpaired) electrons. The molecule has 3 atom stereocenters. The molecule has 6 rings (SSSR count). The normalized spacial score (nSPS) is 17.0. The first-order valence-corrected chi connectivity index (χ1v) is 16.4. The smallest absolute Gasteiger partial charge is 0.0559 e. The van der Waals surface area contributed by atoms with Gasteiger partial charge in [0.2, 0.25) is 0 Å². The molecule has 0 fully saturated rings. The molecule has 0 bridgehead atoms. The molecule has 3 nitrogen and oxygen atoms in total. The number of hydrogen-bond donors (Lipinski definition) is 1. The highest BCUT2D eigenvalue weighted by Crippen LogP contribution is 2.40. The number of aryl methyl sites for hydroxylation is 3. The average molecular weight is 606 g/mol. The topological polar surface area (TPSA) is 32.5 Å². The number of nitrogens with two attached hydrogens (primary N) is 1. The van der Waals surface area contributed by atoms with E-state index in [0.717, 1.165) is 11.1 Å². The number of allylic oxidation sites excluding steroid dienone is 2. The first-order valence-electron chi connectivity index (χ1n) is 16.4. The summed E-state index contributed by atoms with van der Waals surface area (Å²) in [6.07, 6.45) is 4.70. The maximum absolute atomic E-state index is 6.48. The van der Waals surface area contributed by atoms with E-state index in [1.54, 1.807) is 0 Å². The summed E-state index contributed by atoms with van der Waals surface area (Å²) in [7, 11) is 4.39. The molecule has 0 saturated carbocycles. The van der Waals surface area contributed by atoms with E-state index >= 15 is 0 Å². The van der Waals surface area contributed by atoms with Crippen molar-refractivity contribution in [2.24, 2.45) is 5.92 Å². The van der Waals surface area contributed by atoms with Gasteiger partial charge in [-0.1, -0.05) is 103 Å². The van der Waals surface area contributed by atoms with Crippen molar-refractivity contribution in [2.75, 3.05) is 29.6 Å². The van der Waals surface area contributed by atoms with Gasteiger partial charge in [0.25, 0.3) is 0 Å². The van der Waals surface area contributed by atoms with Crippen LogP contribution in [0.15, 0.2) is 120 Å². The van der Waals surface area contributed by atoms with Crippen molar-refractivity contribution in [1.82, 2.24) is 0 Å². The zero-order valence-electron chi connectivity index (χ0n) is 28.6. The lowest BCUT2D eigenvalue weighted by atomic mass is 9.82. The van der Waals surface area contributed by atoms with Crippen molar-refractivity contribution in [3.63, 3.8) is 0 Å². The van der Waals surface area contributed by atoms with Gasteiger partial charge in [0.15, 0.2) is 0 Å². The van der Waals surface area contributed by atoms with E-state index in [1.165, 1.54) is 67.0 Å². The molecule has 0 aliphatic heterocycles. The number of benzene rings is 5. The van der Waals surface area contributed by atoms with Crippen molar-refractivity contribution in [2.45, 2.75) is 53.5 Å². The van der Waals surface area contributed by atoms with Gasteiger partial charge in [0.05, 0.1) is 6.04 Å². The maximum Gasteiger partial charge on any atom is 0.0559 e. The predicted octanol–water partition coefficient (Wildman–Crippen LogP) is 10.6. The number of nitrogens with zero attached hydrogens (tertiary/aromatic N) is 2. The van der Waals surface area contributed by atoms with Crippen LogP contribution in [0, 0.1) is 26.7 Å². The van der Waals surface area contributed by atoms with Crippen LogP contribution in [0.5, 0.6) is 0 Å². The van der Waals surface area contributed by atoms with Gasteiger partial charge in [0, 0.05) is 48.1 Å². The third-order valence-corrected chi connectivity index (χ3v) is 9.88. The lowest BCUT2D eigenvalue weighted by molar-refractivity contribution is 0.563. The summed E-state index contributed by atoms with van der Waals surface area (Å²) in [5.41, 5.74) is 21.4. The maximum atomic E-state index is 6.48. The van der Waals surface area contributed by atoms with Crippen molar-refractivity contribution in [1.29, 1.82) is 0 Å². The molecule has 2 N–H and O–H groups in total. The third kappa shape index (κ3) is 5.83. The number of likely N-dealkylation sites (N-methyl/N-ethyl adjacent to an activating group) is 1. The Morgan fingerprint density at radius 1 is 0.674 bits per heavy atom. The Hall–Kier alpha value is -4.76. The Balaban J connectivity index is 1.40. The second-order valence-corrected chi connectivity index (χ2v) is 13.4. The van der Waals surface area contributed by atoms with Crippen LogP contribution in [0.2, 0.25) is 0 Å². The molecule has 0 aromatic heterocycles. The van der Waals surface area contributed by atoms with Crippen LogP contribution >= 0.6 is 0 Å². The third-order valence-electron chi connectivity index (χ3n) is 9.88. The number of anilines is 4. The van der Waals surface area contributed by atoms with Crippen molar-refractivity contribution < 1.29 is 0 Å². The van der Waals surface area contributed by atoms with E-state index in [-0.39, 0.29) is 5.92 Å². The number of hydrogen-bond acceptors (Lipinski definition) is 3. The van der Waals surface area contributed by atoms with Crippen LogP contribution in [0.3, 0.4) is 0 Å². The summed E-state index contributed by atoms with van der Waals surface area (Å²) in [6.45, 7) is 13.3. The summed E-state index contributed by atoms with van der Waals surface area (Å²) in [5, 5.41) is 2.29. The zero-order chi connectivity index (χ0) is 32.7. The zero-order valence-corrected chi connectivity index (χ0v) is 28.6. The van der Waals surface area contributed by atoms with Crippen LogP contribution < -0.4 is 15.5 Å². The number of rotatable bonds is 7. The number of fused-ring (bicyclic) bond motifs is 1. The van der Waals surface area contributed by atoms with Gasteiger partial charge in [-0.05, 0) is 104 Å². The van der Waals surface area contributed by atoms with Crippen LogP contribution in [-0.2, 0) is 0 Å². The van der Waals surface area contributed by atoms with Crippen LogP contribution in [-0.4, -0.2) is 20.1 Å². The lowest BCUT2D eigenvalue weighted by Crippen LogP contribution is -2.38. The molecule has 3 heteroatoms. The van der Waals surface area contributed by atoms with Gasteiger partial charge >= 0.3 is 0 Å². The average Bonchev–Trinajstić information content (AvgIpc) is 3.02. The Morgan fingerprint density at radius 2 is 1.24 bits per heavy atom. The second-order valence-electron chi connectivity index (χ2n) is 13.4. The Morgan fingerprint density at radius 3 is 1.83 bits per heavy atom. The molecule has 0 heterocycles. The predicted molar refractivity (Wildman–Crippen MR) is 200 cm³/mol. The van der Waals surface area contributed by atoms with Gasteiger partial charge in [-0.15, -0.1) is 0 Å². The van der Waals surface area contributed by atoms with Gasteiger partial charge in [0.1, 0.15) is 0 Å². The summed E-state index contributed by atoms with van der Waals surface area (Å²) < 4.78 is 0. The first-order chi connectivity index (χ1) is 22.0. The van der Waals surface area contributed by atoms with E-state index < -0.39 is 0 Å². The van der Waals surface area contributed by atoms with Gasteiger partial charge in [-0.25, -0.2) is 0 Å². The molecular formula is C43H47N3. The molecule has 1 aliphatic carbocycles. The minimum absolute atomic E-state index is 0.0490. The molecule has 0 amide bonds. The lowest BCUT2D eigenvalue weighted by Gasteiger charge is -2.36. The largest absolute Gasteiger partial charge is 0.398 e. The molecule has 3 unspecified atom stereocenters. The van der Waals surface area contributed by atoms with Crippen molar-refractivity contribution in [3.05, 3.63) is 154 Å². The molecule has 0 saturated heterocycles. The van der Waals surface area contributed by atoms with E-state index in [2.05, 4.69) is 175 Å². The van der Waals surface area contributed by atoms with Gasteiger partial charge < -0.3 is 15.5 Å². The highest BCUT2D eigenvalue weighted by atomic mass is 15.1. The quantitative estimate of drug-likeness (QED) is 0.148. The van der Waals surface area contributed by atoms with Gasteiger partial charge in [-0.2, -0.15) is 0 Å². The molecule has 46 heavy (non-hydrogen) atoms. The number of nitrogen functional groups attached to an aromatic ring is 1. The van der Waals surface area contributed by atoms with E-state index in [0.29, 0.717) is 12.0 Å². The molecular weight excluding hydrogens is 558 g/mol. The highest BCUT2D eigenvalue weighted by molar-refractivity contribution is 5.96. The molecule has 1 aliphatic rings. The van der Waals surface area contributed by atoms with Gasteiger partial charge in [-0.3, -0.25) is 0 Å². The Labute approximate surface area is 275 Å². The standard InChI is InChI=1S/C43H47N3/c1-27-23-29(3)42(30(4)24-27)45(7)35-17-13-33(14-18-35)41(39-21-22-40(44)38-12-10-9-11-37(38)39)34-15-19-36(20-16-34)46(8)43-31(5)25-28(2)26-32(43)6/h9-26,29,41-42H,44H2,1-8H3. The monoisotopic (exact) mass is 605 g/mol. The molecule has 0 spiro atoms. The Bertz CT molecular complexity index is 1920. The van der Waals surface area contributed by atoms with Crippen LogP contribution in [0.1, 0.15) is 60.1 Å². The minimum atomic E-state index is 0.0490. The Kier molecular flexibility index (Phi) is 8.53. The second kappa shape index (κ2) is 12.6. The fourth-order valence-electron chi connectivity index (χ4n) is 8.00. The summed E-state index contributed by atoms with van der Waals surface area (Å²) >= 11 is 0. The fraction of sp³-hybridized carbons (Fsp3) is 0.256. The molecule has 234 valence electrons. The van der Waals surface area contributed by atoms with Crippen molar-refractivity contribution >= 4 is 33.5 Å². The van der Waals surface area contributed by atoms with Crippen LogP contribution in [0.25, 0.3) is 10.8 Å². The summed E-state index contributed by atoms with van der Waals surface area (Å²) in [5.74, 6) is 0.501. The minimum Gasteiger partial charge on any atom is -0.398 e. The van der Waals surface area contributed by atoms with Crippen molar-refractivity contribution in [3.8, 4) is 0 Å². The van der Waals surface area contributed by atoms with Crippen LogP contribution in [0.4, 0.5) is 22.7 Å². The fourth-order valence-corrected chi connectivity index (χ4v) is 8.00. The van der Waals surface area contributed by atoms with E-state index in [9.17, 15) is 0 Å². The van der Waals surface area contributed by atoms with E-state index in [1.807, 2.05) is 0 Å². The molecule has 5 aromatic rings. The summed E-state index contributed by atoms with van der Waals surface area (Å²) in [4.78, 5) is 4.74. The van der Waals surface area contributed by atoms with E-state index in [4.69, 9.17) is 5.73 Å². The SMILES string of the molecule is CC1=CC(C)C(N(C)c2ccc(C(c3ccc(N(C)c4c(C)cc(C)cc4C)cc3)c3ccc(N)c4ccccc34)cc2)C(C)=C1. The molecule has 5 aromatic carbocycles. The summed E-state index contributed by atoms with van der Waals surface area (Å²) in [6, 6.07) is 36.0. The first kappa shape index (κ1) is 31.2.